The molecule has 0 radical (unpaired) electrons. The van der Waals surface area contributed by atoms with Crippen LogP contribution in [0.3, 0.4) is 0 Å². The molecule has 6 nitrogen and oxygen atoms in total. The summed E-state index contributed by atoms with van der Waals surface area (Å²) in [4.78, 5) is 39.6. The van der Waals surface area contributed by atoms with E-state index in [1.54, 1.807) is 6.92 Å². The third kappa shape index (κ3) is 3.79. The third-order valence-corrected chi connectivity index (χ3v) is 7.47. The zero-order valence-electron chi connectivity index (χ0n) is 17.1. The predicted molar refractivity (Wildman–Crippen MR) is 104 cm³/mol. The molecule has 156 valence electrons. The van der Waals surface area contributed by atoms with Crippen LogP contribution in [0.4, 0.5) is 0 Å². The van der Waals surface area contributed by atoms with Crippen LogP contribution in [0.1, 0.15) is 71.1 Å². The van der Waals surface area contributed by atoms with Gasteiger partial charge in [0, 0.05) is 19.5 Å². The van der Waals surface area contributed by atoms with Gasteiger partial charge in [-0.05, 0) is 82.5 Å². The van der Waals surface area contributed by atoms with Gasteiger partial charge in [-0.25, -0.2) is 0 Å². The third-order valence-electron chi connectivity index (χ3n) is 7.47. The Morgan fingerprint density at radius 2 is 1.71 bits per heavy atom. The molecule has 0 aromatic heterocycles. The lowest BCUT2D eigenvalue weighted by molar-refractivity contribution is -0.160. The van der Waals surface area contributed by atoms with Crippen LogP contribution in [0.15, 0.2) is 0 Å². The van der Waals surface area contributed by atoms with E-state index in [0.29, 0.717) is 32.5 Å². The van der Waals surface area contributed by atoms with Crippen molar-refractivity contribution in [2.75, 3.05) is 19.7 Å². The minimum Gasteiger partial charge on any atom is -0.466 e. The number of amides is 2. The second-order valence-corrected chi connectivity index (χ2v) is 9.55. The van der Waals surface area contributed by atoms with Gasteiger partial charge in [0.2, 0.25) is 11.8 Å². The van der Waals surface area contributed by atoms with Crippen molar-refractivity contribution in [3.63, 3.8) is 0 Å². The lowest BCUT2D eigenvalue weighted by Gasteiger charge is -2.56. The van der Waals surface area contributed by atoms with Crippen molar-refractivity contribution >= 4 is 17.8 Å². The fraction of sp³-hybridized carbons (Fsp3) is 0.864. The quantitative estimate of drug-likeness (QED) is 0.536. The van der Waals surface area contributed by atoms with Crippen molar-refractivity contribution in [2.45, 2.75) is 77.2 Å². The summed E-state index contributed by atoms with van der Waals surface area (Å²) in [7, 11) is 0. The smallest absolute Gasteiger partial charge is 0.305 e. The number of rotatable bonds is 7. The second kappa shape index (κ2) is 8.03. The van der Waals surface area contributed by atoms with Gasteiger partial charge in [-0.3, -0.25) is 14.4 Å². The summed E-state index contributed by atoms with van der Waals surface area (Å²) in [6, 6.07) is -0.330. The van der Waals surface area contributed by atoms with E-state index >= 15 is 0 Å². The number of nitrogens with one attached hydrogen (secondary N) is 1. The summed E-state index contributed by atoms with van der Waals surface area (Å²) in [6.07, 6.45) is 9.62. The molecule has 1 atom stereocenters. The van der Waals surface area contributed by atoms with Crippen molar-refractivity contribution in [1.82, 2.24) is 10.2 Å². The molecule has 0 aromatic rings. The Kier molecular flexibility index (Phi) is 5.66. The molecule has 0 spiro atoms. The Labute approximate surface area is 167 Å². The first-order chi connectivity index (χ1) is 13.5. The summed E-state index contributed by atoms with van der Waals surface area (Å²) >= 11 is 0. The number of hydrogen-bond donors (Lipinski definition) is 1. The Bertz CT molecular complexity index is 597. The molecule has 2 amide bonds. The Morgan fingerprint density at radius 1 is 1.07 bits per heavy atom. The first-order valence-electron chi connectivity index (χ1n) is 11.2. The van der Waals surface area contributed by atoms with Crippen LogP contribution >= 0.6 is 0 Å². The normalized spacial score (nSPS) is 35.8. The molecule has 4 bridgehead atoms. The van der Waals surface area contributed by atoms with Gasteiger partial charge >= 0.3 is 5.97 Å². The van der Waals surface area contributed by atoms with Crippen LogP contribution < -0.4 is 5.32 Å². The van der Waals surface area contributed by atoms with E-state index in [1.807, 2.05) is 4.90 Å². The fourth-order valence-electron chi connectivity index (χ4n) is 6.75. The van der Waals surface area contributed by atoms with Gasteiger partial charge in [-0.1, -0.05) is 0 Å². The number of ether oxygens (including phenoxy) is 1. The van der Waals surface area contributed by atoms with Gasteiger partial charge in [0.15, 0.2) is 0 Å². The molecule has 5 aliphatic rings. The van der Waals surface area contributed by atoms with Crippen molar-refractivity contribution in [2.24, 2.45) is 23.2 Å². The number of carbonyl (C=O) groups is 3. The van der Waals surface area contributed by atoms with Crippen molar-refractivity contribution in [3.05, 3.63) is 0 Å². The minimum atomic E-state index is -0.330. The molecule has 1 unspecified atom stereocenters. The molecule has 1 aliphatic heterocycles. The van der Waals surface area contributed by atoms with Gasteiger partial charge < -0.3 is 15.0 Å². The molecule has 6 heteroatoms. The van der Waals surface area contributed by atoms with Crippen LogP contribution in [-0.2, 0) is 19.1 Å². The summed E-state index contributed by atoms with van der Waals surface area (Å²) < 4.78 is 4.91. The number of esters is 1. The molecule has 5 rings (SSSR count). The topological polar surface area (TPSA) is 75.7 Å². The molecule has 0 aromatic carbocycles. The van der Waals surface area contributed by atoms with Crippen LogP contribution in [0.5, 0.6) is 0 Å². The molecule has 28 heavy (non-hydrogen) atoms. The average Bonchev–Trinajstić information content (AvgIpc) is 3.13. The lowest BCUT2D eigenvalue weighted by Crippen LogP contribution is -2.57. The highest BCUT2D eigenvalue weighted by Crippen LogP contribution is 2.60. The van der Waals surface area contributed by atoms with Gasteiger partial charge in [0.05, 0.1) is 12.0 Å². The predicted octanol–water partition coefficient (Wildman–Crippen LogP) is 2.65. The largest absolute Gasteiger partial charge is 0.466 e. The molecule has 5 fully saturated rings. The molecule has 1 saturated heterocycles. The number of likely N-dealkylation sites (tertiary alicyclic amines) is 1. The first kappa shape index (κ1) is 19.7. The van der Waals surface area contributed by atoms with Crippen molar-refractivity contribution in [3.8, 4) is 0 Å². The van der Waals surface area contributed by atoms with Crippen molar-refractivity contribution < 1.29 is 19.1 Å². The van der Waals surface area contributed by atoms with E-state index < -0.39 is 0 Å². The molecular formula is C22H34N2O4. The molecule has 4 aliphatic carbocycles. The molecule has 1 heterocycles. The van der Waals surface area contributed by atoms with Crippen LogP contribution in [0.2, 0.25) is 0 Å². The zero-order valence-corrected chi connectivity index (χ0v) is 17.1. The van der Waals surface area contributed by atoms with E-state index in [9.17, 15) is 14.4 Å². The van der Waals surface area contributed by atoms with Crippen LogP contribution in [0.25, 0.3) is 0 Å². The maximum absolute atomic E-state index is 13.6. The Hall–Kier alpha value is -1.59. The van der Waals surface area contributed by atoms with Crippen LogP contribution in [-0.4, -0.2) is 48.4 Å². The van der Waals surface area contributed by atoms with Gasteiger partial charge in [0.1, 0.15) is 6.04 Å². The fourth-order valence-corrected chi connectivity index (χ4v) is 6.75. The minimum absolute atomic E-state index is 0.0561. The summed E-state index contributed by atoms with van der Waals surface area (Å²) in [5, 5.41) is 2.94. The van der Waals surface area contributed by atoms with Gasteiger partial charge in [0.25, 0.3) is 0 Å². The SMILES string of the molecule is CCOC(=O)CCCNC(=O)C1CCCN1C(=O)C12CC3CC(CC(C3)C1)C2. The first-order valence-corrected chi connectivity index (χ1v) is 11.2. The standard InChI is InChI=1S/C22H34N2O4/c1-2-28-19(25)6-3-7-23-20(26)18-5-4-8-24(18)21(27)22-12-15-9-16(13-22)11-17(10-15)14-22/h15-18H,2-14H2,1H3,(H,23,26). The number of nitrogens with zero attached hydrogens (tertiary/aromatic N) is 1. The van der Waals surface area contributed by atoms with Gasteiger partial charge in [-0.15, -0.1) is 0 Å². The Balaban J connectivity index is 1.32. The highest BCUT2D eigenvalue weighted by molar-refractivity contribution is 5.91. The lowest BCUT2D eigenvalue weighted by atomic mass is 9.49. The molecule has 1 N–H and O–H groups in total. The highest BCUT2D eigenvalue weighted by Gasteiger charge is 2.56. The van der Waals surface area contributed by atoms with Crippen molar-refractivity contribution in [1.29, 1.82) is 0 Å². The number of carbonyl (C=O) groups excluding carboxylic acids is 3. The second-order valence-electron chi connectivity index (χ2n) is 9.55. The Morgan fingerprint density at radius 3 is 2.32 bits per heavy atom. The van der Waals surface area contributed by atoms with Crippen LogP contribution in [0, 0.1) is 23.2 Å². The monoisotopic (exact) mass is 390 g/mol. The van der Waals surface area contributed by atoms with E-state index in [4.69, 9.17) is 4.74 Å². The van der Waals surface area contributed by atoms with E-state index in [2.05, 4.69) is 5.32 Å². The van der Waals surface area contributed by atoms with E-state index in [-0.39, 0.29) is 29.2 Å². The zero-order chi connectivity index (χ0) is 19.7. The summed E-state index contributed by atoms with van der Waals surface area (Å²) in [5.74, 6) is 2.17. The van der Waals surface area contributed by atoms with E-state index in [1.165, 1.54) is 19.3 Å². The van der Waals surface area contributed by atoms with Gasteiger partial charge in [-0.2, -0.15) is 0 Å². The molecular weight excluding hydrogens is 356 g/mol. The highest BCUT2D eigenvalue weighted by atomic mass is 16.5. The maximum atomic E-state index is 13.6. The maximum Gasteiger partial charge on any atom is 0.305 e. The molecule has 4 saturated carbocycles. The van der Waals surface area contributed by atoms with E-state index in [0.717, 1.165) is 49.9 Å². The number of hydrogen-bond acceptors (Lipinski definition) is 4. The average molecular weight is 391 g/mol. The summed E-state index contributed by atoms with van der Waals surface area (Å²) in [6.45, 7) is 3.33. The summed E-state index contributed by atoms with van der Waals surface area (Å²) in [5.41, 5.74) is -0.179.